The van der Waals surface area contributed by atoms with E-state index < -0.39 is 0 Å². The van der Waals surface area contributed by atoms with Crippen LogP contribution in [0.2, 0.25) is 0 Å². The molecule has 0 atom stereocenters. The van der Waals surface area contributed by atoms with E-state index in [0.717, 1.165) is 21.4 Å². The van der Waals surface area contributed by atoms with E-state index in [1.165, 1.54) is 0 Å². The maximum atomic E-state index is 5.53. The average molecular weight is 253 g/mol. The second-order valence-electron chi connectivity index (χ2n) is 2.83. The summed E-state index contributed by atoms with van der Waals surface area (Å²) in [5.41, 5.74) is 8.15. The lowest BCUT2D eigenvalue weighted by molar-refractivity contribution is 0.898. The van der Waals surface area contributed by atoms with E-state index in [4.69, 9.17) is 5.73 Å². The van der Waals surface area contributed by atoms with E-state index >= 15 is 0 Å². The summed E-state index contributed by atoms with van der Waals surface area (Å²) in [5.74, 6) is 0. The minimum atomic E-state index is 0.391. The molecule has 0 amide bonds. The van der Waals surface area contributed by atoms with Gasteiger partial charge in [-0.2, -0.15) is 15.4 Å². The van der Waals surface area contributed by atoms with Gasteiger partial charge in [-0.15, -0.1) is 0 Å². The van der Waals surface area contributed by atoms with E-state index in [2.05, 4.69) is 31.3 Å². The largest absolute Gasteiger partial charge is 0.325 e. The highest BCUT2D eigenvalue weighted by Gasteiger charge is 2.07. The molecule has 0 radical (unpaired) electrons. The molecule has 72 valence electrons. The predicted octanol–water partition coefficient (Wildman–Crippen LogP) is 1.69. The molecule has 3 N–H and O–H groups in total. The zero-order chi connectivity index (χ0) is 9.97. The molecule has 2 rings (SSSR count). The van der Waals surface area contributed by atoms with Gasteiger partial charge in [-0.25, -0.2) is 0 Å². The third-order valence-electron chi connectivity index (χ3n) is 1.93. The lowest BCUT2D eigenvalue weighted by Crippen LogP contribution is -1.98. The molecule has 0 saturated carbocycles. The van der Waals surface area contributed by atoms with Gasteiger partial charge in [-0.3, -0.25) is 0 Å². The van der Waals surface area contributed by atoms with Crippen LogP contribution >= 0.6 is 15.9 Å². The highest BCUT2D eigenvalue weighted by molar-refractivity contribution is 9.10. The molecule has 0 saturated heterocycles. The first kappa shape index (κ1) is 9.36. The third kappa shape index (κ3) is 1.69. The molecule has 2 aromatic rings. The highest BCUT2D eigenvalue weighted by Crippen LogP contribution is 2.21. The Morgan fingerprint density at radius 2 is 1.93 bits per heavy atom. The Hall–Kier alpha value is -1.20. The van der Waals surface area contributed by atoms with Crippen LogP contribution in [-0.4, -0.2) is 15.4 Å². The Bertz CT molecular complexity index is 421. The van der Waals surface area contributed by atoms with Crippen LogP contribution in [0.15, 0.2) is 28.7 Å². The first-order valence-corrected chi connectivity index (χ1v) is 4.96. The fourth-order valence-corrected chi connectivity index (χ4v) is 1.50. The quantitative estimate of drug-likeness (QED) is 0.855. The van der Waals surface area contributed by atoms with Crippen molar-refractivity contribution in [3.63, 3.8) is 0 Å². The summed E-state index contributed by atoms with van der Waals surface area (Å²) in [6, 6.07) is 7.87. The van der Waals surface area contributed by atoms with E-state index in [1.807, 2.05) is 24.3 Å². The Kier molecular flexibility index (Phi) is 2.60. The molecule has 14 heavy (non-hydrogen) atoms. The number of benzene rings is 1. The van der Waals surface area contributed by atoms with Crippen LogP contribution in [0.3, 0.4) is 0 Å². The SMILES string of the molecule is NCc1n[nH]nc1-c1ccc(Br)cc1. The molecular weight excluding hydrogens is 244 g/mol. The van der Waals surface area contributed by atoms with Gasteiger partial charge in [0.25, 0.3) is 0 Å². The van der Waals surface area contributed by atoms with Crippen LogP contribution in [0.4, 0.5) is 0 Å². The van der Waals surface area contributed by atoms with Gasteiger partial charge in [-0.05, 0) is 12.1 Å². The van der Waals surface area contributed by atoms with Crippen molar-refractivity contribution >= 4 is 15.9 Å². The third-order valence-corrected chi connectivity index (χ3v) is 2.46. The average Bonchev–Trinajstić information content (AvgIpc) is 2.67. The van der Waals surface area contributed by atoms with Crippen molar-refractivity contribution in [2.45, 2.75) is 6.54 Å². The first-order chi connectivity index (χ1) is 6.81. The Morgan fingerprint density at radius 3 is 2.57 bits per heavy atom. The molecule has 5 heteroatoms. The molecule has 0 spiro atoms. The lowest BCUT2D eigenvalue weighted by Gasteiger charge is -1.98. The van der Waals surface area contributed by atoms with E-state index in [0.29, 0.717) is 6.54 Å². The second kappa shape index (κ2) is 3.89. The summed E-state index contributed by atoms with van der Waals surface area (Å²) in [5, 5.41) is 10.6. The summed E-state index contributed by atoms with van der Waals surface area (Å²) in [6.45, 7) is 0.391. The number of halogens is 1. The van der Waals surface area contributed by atoms with Crippen molar-refractivity contribution in [1.29, 1.82) is 0 Å². The van der Waals surface area contributed by atoms with Crippen molar-refractivity contribution in [2.75, 3.05) is 0 Å². The number of nitrogens with zero attached hydrogens (tertiary/aromatic N) is 2. The Balaban J connectivity index is 2.44. The number of hydrogen-bond donors (Lipinski definition) is 2. The fraction of sp³-hybridized carbons (Fsp3) is 0.111. The lowest BCUT2D eigenvalue weighted by atomic mass is 10.1. The molecule has 0 bridgehead atoms. The van der Waals surface area contributed by atoms with Gasteiger partial charge in [0.15, 0.2) is 0 Å². The van der Waals surface area contributed by atoms with E-state index in [1.54, 1.807) is 0 Å². The number of rotatable bonds is 2. The van der Waals surface area contributed by atoms with E-state index in [-0.39, 0.29) is 0 Å². The number of nitrogens with one attached hydrogen (secondary N) is 1. The van der Waals surface area contributed by atoms with Crippen LogP contribution in [0, 0.1) is 0 Å². The highest BCUT2D eigenvalue weighted by atomic mass is 79.9. The number of hydrogen-bond acceptors (Lipinski definition) is 3. The molecule has 1 heterocycles. The molecule has 4 nitrogen and oxygen atoms in total. The number of aromatic nitrogens is 3. The monoisotopic (exact) mass is 252 g/mol. The zero-order valence-electron chi connectivity index (χ0n) is 7.37. The summed E-state index contributed by atoms with van der Waals surface area (Å²) < 4.78 is 1.04. The molecule has 0 fully saturated rings. The predicted molar refractivity (Wildman–Crippen MR) is 57.4 cm³/mol. The zero-order valence-corrected chi connectivity index (χ0v) is 8.95. The molecular formula is C9H9BrN4. The first-order valence-electron chi connectivity index (χ1n) is 4.17. The Labute approximate surface area is 89.6 Å². The smallest absolute Gasteiger partial charge is 0.117 e. The summed E-state index contributed by atoms with van der Waals surface area (Å²) in [7, 11) is 0. The minimum Gasteiger partial charge on any atom is -0.325 e. The molecule has 1 aromatic heterocycles. The summed E-state index contributed by atoms with van der Waals surface area (Å²) in [4.78, 5) is 0. The maximum Gasteiger partial charge on any atom is 0.117 e. The molecule has 0 aliphatic heterocycles. The number of aromatic amines is 1. The van der Waals surface area contributed by atoms with Crippen molar-refractivity contribution in [3.05, 3.63) is 34.4 Å². The van der Waals surface area contributed by atoms with Gasteiger partial charge >= 0.3 is 0 Å². The topological polar surface area (TPSA) is 67.6 Å². The van der Waals surface area contributed by atoms with Crippen molar-refractivity contribution < 1.29 is 0 Å². The maximum absolute atomic E-state index is 5.53. The van der Waals surface area contributed by atoms with Gasteiger partial charge in [0.05, 0.1) is 0 Å². The standard InChI is InChI=1S/C9H9BrN4/c10-7-3-1-6(2-4-7)9-8(5-11)12-14-13-9/h1-4H,5,11H2,(H,12,13,14). The molecule has 1 aromatic carbocycles. The number of H-pyrrole nitrogens is 1. The fourth-order valence-electron chi connectivity index (χ4n) is 1.23. The Morgan fingerprint density at radius 1 is 1.21 bits per heavy atom. The molecule has 0 unspecified atom stereocenters. The van der Waals surface area contributed by atoms with Gasteiger partial charge in [-0.1, -0.05) is 28.1 Å². The van der Waals surface area contributed by atoms with Crippen LogP contribution in [-0.2, 0) is 6.54 Å². The van der Waals surface area contributed by atoms with Crippen molar-refractivity contribution in [2.24, 2.45) is 5.73 Å². The van der Waals surface area contributed by atoms with Gasteiger partial charge < -0.3 is 5.73 Å². The second-order valence-corrected chi connectivity index (χ2v) is 3.75. The molecule has 0 aliphatic carbocycles. The normalized spacial score (nSPS) is 10.4. The molecule has 0 aliphatic rings. The summed E-state index contributed by atoms with van der Waals surface area (Å²) in [6.07, 6.45) is 0. The van der Waals surface area contributed by atoms with E-state index in [9.17, 15) is 0 Å². The van der Waals surface area contributed by atoms with Gasteiger partial charge in [0.2, 0.25) is 0 Å². The van der Waals surface area contributed by atoms with Crippen molar-refractivity contribution in [1.82, 2.24) is 15.4 Å². The number of nitrogens with two attached hydrogens (primary N) is 1. The van der Waals surface area contributed by atoms with Crippen LogP contribution in [0.1, 0.15) is 5.69 Å². The van der Waals surface area contributed by atoms with Crippen molar-refractivity contribution in [3.8, 4) is 11.3 Å². The van der Waals surface area contributed by atoms with Crippen LogP contribution < -0.4 is 5.73 Å². The van der Waals surface area contributed by atoms with Gasteiger partial charge in [0, 0.05) is 16.6 Å². The summed E-state index contributed by atoms with van der Waals surface area (Å²) >= 11 is 3.38. The van der Waals surface area contributed by atoms with Gasteiger partial charge in [0.1, 0.15) is 11.4 Å². The van der Waals surface area contributed by atoms with Crippen LogP contribution in [0.5, 0.6) is 0 Å². The minimum absolute atomic E-state index is 0.391. The van der Waals surface area contributed by atoms with Crippen LogP contribution in [0.25, 0.3) is 11.3 Å².